The van der Waals surface area contributed by atoms with Gasteiger partial charge in [-0.1, -0.05) is 30.3 Å². The second-order valence-electron chi connectivity index (χ2n) is 5.33. The minimum absolute atomic E-state index is 0.619. The molecule has 118 valence electrons. The average molecular weight is 325 g/mol. The number of hydrogen-bond acceptors (Lipinski definition) is 5. The van der Waals surface area contributed by atoms with Crippen LogP contribution in [0, 0.1) is 11.3 Å². The number of thioether (sulfide) groups is 1. The van der Waals surface area contributed by atoms with E-state index in [1.54, 1.807) is 11.8 Å². The molecular formula is C18H19N3OS. The van der Waals surface area contributed by atoms with Crippen molar-refractivity contribution in [1.82, 2.24) is 9.88 Å². The standard InChI is InChI=1S/C18H19N3OS/c19-14-16-6-7-17(20-18(16)15-4-2-1-3-5-15)23-13-10-21-8-11-22-12-9-21/h1-7H,8-13H2. The molecule has 0 spiro atoms. The van der Waals surface area contributed by atoms with Crippen LogP contribution in [0.2, 0.25) is 0 Å². The first-order valence-corrected chi connectivity index (χ1v) is 8.75. The molecule has 0 amide bonds. The SMILES string of the molecule is N#Cc1ccc(SCCN2CCOCC2)nc1-c1ccccc1. The highest BCUT2D eigenvalue weighted by Crippen LogP contribution is 2.25. The van der Waals surface area contributed by atoms with Gasteiger partial charge in [-0.25, -0.2) is 4.98 Å². The van der Waals surface area contributed by atoms with E-state index in [1.165, 1.54) is 0 Å². The first kappa shape index (κ1) is 16.0. The zero-order chi connectivity index (χ0) is 15.9. The van der Waals surface area contributed by atoms with Crippen molar-refractivity contribution in [2.24, 2.45) is 0 Å². The smallest absolute Gasteiger partial charge is 0.101 e. The fourth-order valence-corrected chi connectivity index (χ4v) is 3.41. The van der Waals surface area contributed by atoms with Gasteiger partial charge in [-0.15, -0.1) is 11.8 Å². The highest BCUT2D eigenvalue weighted by Gasteiger charge is 2.11. The summed E-state index contributed by atoms with van der Waals surface area (Å²) in [6.07, 6.45) is 0. The largest absolute Gasteiger partial charge is 0.379 e. The van der Waals surface area contributed by atoms with Crippen LogP contribution in [0.1, 0.15) is 5.56 Å². The van der Waals surface area contributed by atoms with Gasteiger partial charge in [0.25, 0.3) is 0 Å². The van der Waals surface area contributed by atoms with E-state index in [1.807, 2.05) is 42.5 Å². The van der Waals surface area contributed by atoms with Crippen molar-refractivity contribution in [3.63, 3.8) is 0 Å². The molecule has 0 saturated carbocycles. The maximum atomic E-state index is 9.30. The van der Waals surface area contributed by atoms with E-state index >= 15 is 0 Å². The molecule has 1 aromatic carbocycles. The molecule has 1 aliphatic rings. The number of rotatable bonds is 5. The van der Waals surface area contributed by atoms with Crippen molar-refractivity contribution in [2.75, 3.05) is 38.6 Å². The molecule has 5 heteroatoms. The maximum absolute atomic E-state index is 9.30. The van der Waals surface area contributed by atoms with E-state index in [4.69, 9.17) is 9.72 Å². The Morgan fingerprint density at radius 1 is 1.13 bits per heavy atom. The second-order valence-corrected chi connectivity index (χ2v) is 6.44. The Labute approximate surface area is 141 Å². The van der Waals surface area contributed by atoms with Crippen LogP contribution in [0.5, 0.6) is 0 Å². The Balaban J connectivity index is 1.67. The van der Waals surface area contributed by atoms with Gasteiger partial charge in [-0.2, -0.15) is 5.26 Å². The first-order valence-electron chi connectivity index (χ1n) is 7.76. The minimum atomic E-state index is 0.619. The predicted molar refractivity (Wildman–Crippen MR) is 92.4 cm³/mol. The van der Waals surface area contributed by atoms with Crippen LogP contribution in [0.15, 0.2) is 47.5 Å². The van der Waals surface area contributed by atoms with Gasteiger partial charge in [0.15, 0.2) is 0 Å². The molecule has 4 nitrogen and oxygen atoms in total. The fourth-order valence-electron chi connectivity index (χ4n) is 2.53. The Hall–Kier alpha value is -1.87. The quantitative estimate of drug-likeness (QED) is 0.791. The van der Waals surface area contributed by atoms with Gasteiger partial charge >= 0.3 is 0 Å². The lowest BCUT2D eigenvalue weighted by Crippen LogP contribution is -2.37. The second kappa shape index (κ2) is 8.11. The molecule has 0 atom stereocenters. The van der Waals surface area contributed by atoms with E-state index in [2.05, 4.69) is 11.0 Å². The summed E-state index contributed by atoms with van der Waals surface area (Å²) in [5, 5.41) is 10.3. The van der Waals surface area contributed by atoms with Crippen molar-refractivity contribution in [3.05, 3.63) is 48.0 Å². The average Bonchev–Trinajstić information content (AvgIpc) is 2.63. The number of pyridine rings is 1. The normalized spacial score (nSPS) is 15.3. The molecule has 1 fully saturated rings. The van der Waals surface area contributed by atoms with Crippen LogP contribution in [0.3, 0.4) is 0 Å². The van der Waals surface area contributed by atoms with Gasteiger partial charge in [-0.3, -0.25) is 4.90 Å². The van der Waals surface area contributed by atoms with Gasteiger partial charge in [-0.05, 0) is 12.1 Å². The molecule has 2 aromatic rings. The van der Waals surface area contributed by atoms with Crippen LogP contribution in [0.4, 0.5) is 0 Å². The number of ether oxygens (including phenoxy) is 1. The van der Waals surface area contributed by atoms with Crippen LogP contribution in [-0.2, 0) is 4.74 Å². The van der Waals surface area contributed by atoms with Crippen molar-refractivity contribution in [2.45, 2.75) is 5.03 Å². The molecular weight excluding hydrogens is 306 g/mol. The van der Waals surface area contributed by atoms with E-state index in [-0.39, 0.29) is 0 Å². The number of benzene rings is 1. The monoisotopic (exact) mass is 325 g/mol. The summed E-state index contributed by atoms with van der Waals surface area (Å²) in [5.74, 6) is 0.993. The molecule has 23 heavy (non-hydrogen) atoms. The maximum Gasteiger partial charge on any atom is 0.101 e. The number of nitrogens with zero attached hydrogens (tertiary/aromatic N) is 3. The highest BCUT2D eigenvalue weighted by molar-refractivity contribution is 7.99. The summed E-state index contributed by atoms with van der Waals surface area (Å²) in [6.45, 7) is 4.72. The molecule has 3 rings (SSSR count). The Kier molecular flexibility index (Phi) is 5.65. The van der Waals surface area contributed by atoms with Gasteiger partial charge in [0.05, 0.1) is 29.5 Å². The number of morpholine rings is 1. The van der Waals surface area contributed by atoms with Crippen LogP contribution < -0.4 is 0 Å². The summed E-state index contributed by atoms with van der Waals surface area (Å²) in [5.41, 5.74) is 2.37. The Bertz CT molecular complexity index is 678. The highest BCUT2D eigenvalue weighted by atomic mass is 32.2. The summed E-state index contributed by atoms with van der Waals surface area (Å²) >= 11 is 1.74. The van der Waals surface area contributed by atoms with Gasteiger partial charge in [0, 0.05) is 31.0 Å². The molecule has 0 bridgehead atoms. The molecule has 1 aromatic heterocycles. The van der Waals surface area contributed by atoms with E-state index in [0.29, 0.717) is 5.56 Å². The number of hydrogen-bond donors (Lipinski definition) is 0. The summed E-state index contributed by atoms with van der Waals surface area (Å²) < 4.78 is 5.36. The molecule has 0 radical (unpaired) electrons. The van der Waals surface area contributed by atoms with Gasteiger partial charge < -0.3 is 4.74 Å². The van der Waals surface area contributed by atoms with Crippen molar-refractivity contribution in [3.8, 4) is 17.3 Å². The van der Waals surface area contributed by atoms with Crippen molar-refractivity contribution >= 4 is 11.8 Å². The minimum Gasteiger partial charge on any atom is -0.379 e. The third-order valence-electron chi connectivity index (χ3n) is 3.80. The third kappa shape index (κ3) is 4.32. The summed E-state index contributed by atoms with van der Waals surface area (Å²) in [4.78, 5) is 7.11. The molecule has 0 unspecified atom stereocenters. The molecule has 0 N–H and O–H groups in total. The Morgan fingerprint density at radius 2 is 1.91 bits per heavy atom. The van der Waals surface area contributed by atoms with E-state index in [9.17, 15) is 5.26 Å². The zero-order valence-corrected chi connectivity index (χ0v) is 13.8. The van der Waals surface area contributed by atoms with Gasteiger partial charge in [0.1, 0.15) is 6.07 Å². The Morgan fingerprint density at radius 3 is 2.65 bits per heavy atom. The number of nitriles is 1. The van der Waals surface area contributed by atoms with Crippen LogP contribution in [-0.4, -0.2) is 48.5 Å². The fraction of sp³-hybridized carbons (Fsp3) is 0.333. The summed E-state index contributed by atoms with van der Waals surface area (Å²) in [7, 11) is 0. The van der Waals surface area contributed by atoms with Gasteiger partial charge in [0.2, 0.25) is 0 Å². The topological polar surface area (TPSA) is 49.2 Å². The lowest BCUT2D eigenvalue weighted by molar-refractivity contribution is 0.0410. The molecule has 1 aliphatic heterocycles. The molecule has 1 saturated heterocycles. The van der Waals surface area contributed by atoms with Crippen LogP contribution >= 0.6 is 11.8 Å². The lowest BCUT2D eigenvalue weighted by Gasteiger charge is -2.26. The molecule has 2 heterocycles. The summed E-state index contributed by atoms with van der Waals surface area (Å²) in [6, 6.07) is 15.9. The van der Waals surface area contributed by atoms with Crippen molar-refractivity contribution < 1.29 is 4.74 Å². The predicted octanol–water partition coefficient (Wildman–Crippen LogP) is 3.04. The lowest BCUT2D eigenvalue weighted by atomic mass is 10.1. The zero-order valence-electron chi connectivity index (χ0n) is 12.9. The van der Waals surface area contributed by atoms with Crippen molar-refractivity contribution in [1.29, 1.82) is 5.26 Å². The van der Waals surface area contributed by atoms with E-state index in [0.717, 1.165) is 54.9 Å². The third-order valence-corrected chi connectivity index (χ3v) is 4.71. The van der Waals surface area contributed by atoms with E-state index < -0.39 is 0 Å². The van der Waals surface area contributed by atoms with Crippen LogP contribution in [0.25, 0.3) is 11.3 Å². The molecule has 0 aliphatic carbocycles. The first-order chi connectivity index (χ1) is 11.4. The number of aromatic nitrogens is 1.